The maximum absolute atomic E-state index is 12.9. The molecule has 2 fully saturated rings. The molecule has 2 aromatic rings. The molecule has 1 saturated heterocycles. The summed E-state index contributed by atoms with van der Waals surface area (Å²) in [5.41, 5.74) is 2.00. The summed E-state index contributed by atoms with van der Waals surface area (Å²) in [5.74, 6) is -0.125. The molecule has 142 valence electrons. The molecule has 1 aliphatic carbocycles. The van der Waals surface area contributed by atoms with E-state index in [0.717, 1.165) is 31.2 Å². The first-order valence-electron chi connectivity index (χ1n) is 9.76. The highest BCUT2D eigenvalue weighted by Gasteiger charge is 2.31. The van der Waals surface area contributed by atoms with E-state index in [0.29, 0.717) is 30.5 Å². The van der Waals surface area contributed by atoms with Crippen LogP contribution in [-0.2, 0) is 4.79 Å². The van der Waals surface area contributed by atoms with Crippen LogP contribution in [0.25, 0.3) is 11.3 Å². The second-order valence-corrected chi connectivity index (χ2v) is 7.49. The van der Waals surface area contributed by atoms with Crippen molar-refractivity contribution in [3.8, 4) is 11.3 Å². The molecule has 1 aliphatic heterocycles. The Balaban J connectivity index is 1.40. The monoisotopic (exact) mass is 367 g/mol. The fourth-order valence-corrected chi connectivity index (χ4v) is 4.03. The lowest BCUT2D eigenvalue weighted by Crippen LogP contribution is -2.47. The molecule has 3 heterocycles. The standard InChI is InChI=1S/C20H25N5O2/c26-19(22-16-7-1-2-8-16)15-6-4-10-25(13-15)20(27)18-11-17(23-24-18)14-5-3-9-21-12-14/h3,5,9,11-12,15-16H,1-2,4,6-8,10,13H2,(H,22,26)(H,23,24)/t15-/m1/s1. The van der Waals surface area contributed by atoms with Crippen molar-refractivity contribution in [1.29, 1.82) is 0 Å². The fraction of sp³-hybridized carbons (Fsp3) is 0.500. The molecule has 0 radical (unpaired) electrons. The van der Waals surface area contributed by atoms with E-state index in [1.807, 2.05) is 12.1 Å². The fourth-order valence-electron chi connectivity index (χ4n) is 4.03. The topological polar surface area (TPSA) is 91.0 Å². The lowest BCUT2D eigenvalue weighted by Gasteiger charge is -2.32. The van der Waals surface area contributed by atoms with Gasteiger partial charge in [0.15, 0.2) is 0 Å². The minimum Gasteiger partial charge on any atom is -0.353 e. The Kier molecular flexibility index (Phi) is 5.18. The molecule has 2 aromatic heterocycles. The number of H-pyrrole nitrogens is 1. The molecule has 0 unspecified atom stereocenters. The zero-order chi connectivity index (χ0) is 18.6. The predicted molar refractivity (Wildman–Crippen MR) is 101 cm³/mol. The van der Waals surface area contributed by atoms with Crippen LogP contribution in [0.2, 0.25) is 0 Å². The number of aromatic amines is 1. The molecule has 7 heteroatoms. The first-order valence-corrected chi connectivity index (χ1v) is 9.76. The Bertz CT molecular complexity index is 798. The first-order chi connectivity index (χ1) is 13.2. The Labute approximate surface area is 158 Å². The lowest BCUT2D eigenvalue weighted by atomic mass is 9.96. The van der Waals surface area contributed by atoms with Gasteiger partial charge in [0.2, 0.25) is 5.91 Å². The molecule has 0 bridgehead atoms. The Morgan fingerprint density at radius 3 is 2.81 bits per heavy atom. The highest BCUT2D eigenvalue weighted by atomic mass is 16.2. The minimum absolute atomic E-state index is 0.0973. The van der Waals surface area contributed by atoms with Crippen molar-refractivity contribution in [3.05, 3.63) is 36.3 Å². The van der Waals surface area contributed by atoms with Crippen LogP contribution in [0, 0.1) is 5.92 Å². The average molecular weight is 367 g/mol. The van der Waals surface area contributed by atoms with Crippen molar-refractivity contribution in [1.82, 2.24) is 25.4 Å². The van der Waals surface area contributed by atoms with Crippen LogP contribution in [0.3, 0.4) is 0 Å². The number of rotatable bonds is 4. The van der Waals surface area contributed by atoms with Crippen molar-refractivity contribution < 1.29 is 9.59 Å². The van der Waals surface area contributed by atoms with E-state index in [-0.39, 0.29) is 17.7 Å². The van der Waals surface area contributed by atoms with Crippen LogP contribution in [-0.4, -0.2) is 51.0 Å². The average Bonchev–Trinajstić information content (AvgIpc) is 3.40. The third-order valence-electron chi connectivity index (χ3n) is 5.55. The Morgan fingerprint density at radius 2 is 2.04 bits per heavy atom. The highest BCUT2D eigenvalue weighted by Crippen LogP contribution is 2.23. The summed E-state index contributed by atoms with van der Waals surface area (Å²) < 4.78 is 0. The van der Waals surface area contributed by atoms with Gasteiger partial charge in [-0.15, -0.1) is 0 Å². The van der Waals surface area contributed by atoms with E-state index < -0.39 is 0 Å². The van der Waals surface area contributed by atoms with E-state index in [4.69, 9.17) is 0 Å². The predicted octanol–water partition coefficient (Wildman–Crippen LogP) is 2.38. The largest absolute Gasteiger partial charge is 0.353 e. The van der Waals surface area contributed by atoms with Crippen molar-refractivity contribution >= 4 is 11.8 Å². The van der Waals surface area contributed by atoms with Crippen molar-refractivity contribution in [3.63, 3.8) is 0 Å². The molecule has 2 N–H and O–H groups in total. The molecule has 4 rings (SSSR count). The summed E-state index contributed by atoms with van der Waals surface area (Å²) in [6.45, 7) is 1.14. The number of pyridine rings is 1. The quantitative estimate of drug-likeness (QED) is 0.868. The molecule has 2 aliphatic rings. The number of amides is 2. The molecule has 0 aromatic carbocycles. The molecule has 7 nitrogen and oxygen atoms in total. The lowest BCUT2D eigenvalue weighted by molar-refractivity contribution is -0.127. The molecule has 1 saturated carbocycles. The normalized spacial score (nSPS) is 20.6. The smallest absolute Gasteiger partial charge is 0.271 e. The van der Waals surface area contributed by atoms with Gasteiger partial charge < -0.3 is 10.2 Å². The number of piperidine rings is 1. The van der Waals surface area contributed by atoms with Gasteiger partial charge in [-0.25, -0.2) is 0 Å². The van der Waals surface area contributed by atoms with Gasteiger partial charge in [0.1, 0.15) is 5.69 Å². The van der Waals surface area contributed by atoms with Gasteiger partial charge in [0, 0.05) is 37.1 Å². The molecule has 1 atom stereocenters. The van der Waals surface area contributed by atoms with E-state index >= 15 is 0 Å². The summed E-state index contributed by atoms with van der Waals surface area (Å²) in [5, 5.41) is 10.2. The van der Waals surface area contributed by atoms with Gasteiger partial charge >= 0.3 is 0 Å². The third-order valence-corrected chi connectivity index (χ3v) is 5.55. The first kappa shape index (κ1) is 17.7. The Hall–Kier alpha value is -2.70. The summed E-state index contributed by atoms with van der Waals surface area (Å²) in [4.78, 5) is 31.3. The zero-order valence-electron chi connectivity index (χ0n) is 15.4. The number of hydrogen-bond donors (Lipinski definition) is 2. The molecular weight excluding hydrogens is 342 g/mol. The van der Waals surface area contributed by atoms with E-state index in [9.17, 15) is 9.59 Å². The van der Waals surface area contributed by atoms with Crippen LogP contribution in [0.1, 0.15) is 49.0 Å². The van der Waals surface area contributed by atoms with E-state index in [1.54, 1.807) is 23.4 Å². The number of carbonyl (C=O) groups is 2. The second kappa shape index (κ2) is 7.90. The van der Waals surface area contributed by atoms with Crippen molar-refractivity contribution in [2.24, 2.45) is 5.92 Å². The molecule has 0 spiro atoms. The SMILES string of the molecule is O=C(NC1CCCC1)[C@@H]1CCCN(C(=O)c2cc(-c3cccnc3)n[nH]2)C1. The summed E-state index contributed by atoms with van der Waals surface area (Å²) in [6, 6.07) is 5.81. The van der Waals surface area contributed by atoms with Gasteiger partial charge in [0.05, 0.1) is 11.6 Å². The van der Waals surface area contributed by atoms with Crippen LogP contribution in [0.15, 0.2) is 30.6 Å². The van der Waals surface area contributed by atoms with Gasteiger partial charge in [0.25, 0.3) is 5.91 Å². The van der Waals surface area contributed by atoms with E-state index in [1.165, 1.54) is 12.8 Å². The Morgan fingerprint density at radius 1 is 1.19 bits per heavy atom. The van der Waals surface area contributed by atoms with Gasteiger partial charge in [-0.1, -0.05) is 12.8 Å². The molecular formula is C20H25N5O2. The van der Waals surface area contributed by atoms with Gasteiger partial charge in [-0.05, 0) is 43.9 Å². The number of likely N-dealkylation sites (tertiary alicyclic amines) is 1. The summed E-state index contributed by atoms with van der Waals surface area (Å²) in [7, 11) is 0. The van der Waals surface area contributed by atoms with Crippen LogP contribution in [0.4, 0.5) is 0 Å². The van der Waals surface area contributed by atoms with Crippen LogP contribution >= 0.6 is 0 Å². The molecule has 2 amide bonds. The summed E-state index contributed by atoms with van der Waals surface area (Å²) >= 11 is 0. The van der Waals surface area contributed by atoms with Crippen molar-refractivity contribution in [2.45, 2.75) is 44.6 Å². The maximum Gasteiger partial charge on any atom is 0.271 e. The zero-order valence-corrected chi connectivity index (χ0v) is 15.4. The van der Waals surface area contributed by atoms with Gasteiger partial charge in [-0.2, -0.15) is 5.10 Å². The highest BCUT2D eigenvalue weighted by molar-refractivity contribution is 5.94. The second-order valence-electron chi connectivity index (χ2n) is 7.49. The number of nitrogens with one attached hydrogen (secondary N) is 2. The van der Waals surface area contributed by atoms with E-state index in [2.05, 4.69) is 20.5 Å². The summed E-state index contributed by atoms with van der Waals surface area (Å²) in [6.07, 6.45) is 9.64. The number of hydrogen-bond acceptors (Lipinski definition) is 4. The van der Waals surface area contributed by atoms with Crippen molar-refractivity contribution in [2.75, 3.05) is 13.1 Å². The maximum atomic E-state index is 12.9. The van der Waals surface area contributed by atoms with Crippen LogP contribution in [0.5, 0.6) is 0 Å². The minimum atomic E-state index is -0.121. The molecule has 27 heavy (non-hydrogen) atoms. The van der Waals surface area contributed by atoms with Crippen LogP contribution < -0.4 is 5.32 Å². The number of carbonyl (C=O) groups excluding carboxylic acids is 2. The number of aromatic nitrogens is 3. The third kappa shape index (κ3) is 4.02. The van der Waals surface area contributed by atoms with Gasteiger partial charge in [-0.3, -0.25) is 19.7 Å². The number of nitrogens with zero attached hydrogens (tertiary/aromatic N) is 3.